The molecule has 2 aromatic rings. The number of hydrogen-bond donors (Lipinski definition) is 1. The van der Waals surface area contributed by atoms with Crippen LogP contribution in [0.25, 0.3) is 0 Å². The van der Waals surface area contributed by atoms with Gasteiger partial charge < -0.3 is 17.5 Å². The molecular weight excluding hydrogens is 420 g/mol. The van der Waals surface area contributed by atoms with Crippen LogP contribution in [0.1, 0.15) is 47.6 Å². The average molecular weight is 452 g/mol. The normalized spacial score (nSPS) is 15.9. The van der Waals surface area contributed by atoms with E-state index in [0.717, 1.165) is 22.3 Å². The van der Waals surface area contributed by atoms with Crippen molar-refractivity contribution >= 4 is 10.0 Å². The molecule has 0 bridgehead atoms. The summed E-state index contributed by atoms with van der Waals surface area (Å²) >= 11 is 0. The Balaban J connectivity index is 0.00000320. The standard InChI is InChI=1S/C23H32N2O3S.ClH/c1-16(2)21-14-20(22(26)13-19(21)5)15-24-8-10-25(11-9-24)29(27,28)23-12-17(3)6-7-18(23)4;/h6-7,12-14,16,26H,8-11,15H2,1-5H3;1H/p-1. The van der Waals surface area contributed by atoms with E-state index >= 15 is 0 Å². The van der Waals surface area contributed by atoms with Gasteiger partial charge in [0.1, 0.15) is 5.75 Å². The molecule has 3 rings (SSSR count). The van der Waals surface area contributed by atoms with Gasteiger partial charge in [0.25, 0.3) is 0 Å². The molecule has 0 aliphatic carbocycles. The number of aryl methyl sites for hydroxylation is 3. The quantitative estimate of drug-likeness (QED) is 0.735. The predicted molar refractivity (Wildman–Crippen MR) is 117 cm³/mol. The largest absolute Gasteiger partial charge is 1.00 e. The van der Waals surface area contributed by atoms with Crippen LogP contribution in [0.3, 0.4) is 0 Å². The van der Waals surface area contributed by atoms with Gasteiger partial charge in [-0.3, -0.25) is 4.90 Å². The third-order valence-corrected chi connectivity index (χ3v) is 7.82. The van der Waals surface area contributed by atoms with Crippen molar-refractivity contribution in [2.45, 2.75) is 52.0 Å². The van der Waals surface area contributed by atoms with E-state index < -0.39 is 10.0 Å². The van der Waals surface area contributed by atoms with Crippen LogP contribution in [0.4, 0.5) is 0 Å². The molecule has 5 nitrogen and oxygen atoms in total. The molecule has 0 unspecified atom stereocenters. The summed E-state index contributed by atoms with van der Waals surface area (Å²) in [7, 11) is -3.49. The van der Waals surface area contributed by atoms with Gasteiger partial charge in [-0.05, 0) is 61.1 Å². The van der Waals surface area contributed by atoms with E-state index in [-0.39, 0.29) is 12.4 Å². The topological polar surface area (TPSA) is 60.9 Å². The highest BCUT2D eigenvalue weighted by Gasteiger charge is 2.30. The molecule has 0 aromatic heterocycles. The minimum atomic E-state index is -3.49. The van der Waals surface area contributed by atoms with Gasteiger partial charge in [-0.2, -0.15) is 4.31 Å². The number of phenols is 1. The molecule has 7 heteroatoms. The molecule has 30 heavy (non-hydrogen) atoms. The molecule has 0 saturated carbocycles. The van der Waals surface area contributed by atoms with Crippen LogP contribution in [0, 0.1) is 20.8 Å². The van der Waals surface area contributed by atoms with E-state index in [4.69, 9.17) is 0 Å². The Bertz CT molecular complexity index is 998. The summed E-state index contributed by atoms with van der Waals surface area (Å²) in [5.74, 6) is 0.714. The molecule has 1 aliphatic rings. The molecule has 166 valence electrons. The lowest BCUT2D eigenvalue weighted by molar-refractivity contribution is -0.00000997. The van der Waals surface area contributed by atoms with Gasteiger partial charge in [-0.25, -0.2) is 8.42 Å². The SMILES string of the molecule is Cc1ccc(C)c(S(=O)(=O)N2CCN(Cc3cc(C(C)C)c(C)cc3O)CC2)c1.[Cl-]. The smallest absolute Gasteiger partial charge is 0.243 e. The Morgan fingerprint density at radius 3 is 2.20 bits per heavy atom. The Kier molecular flexibility index (Phi) is 7.97. The lowest BCUT2D eigenvalue weighted by atomic mass is 9.95. The molecular formula is C23H32ClN2O3S-. The summed E-state index contributed by atoms with van der Waals surface area (Å²) in [6, 6.07) is 9.49. The second-order valence-corrected chi connectivity index (χ2v) is 10.3. The van der Waals surface area contributed by atoms with Crippen LogP contribution in [0.15, 0.2) is 35.2 Å². The Morgan fingerprint density at radius 2 is 1.60 bits per heavy atom. The van der Waals surface area contributed by atoms with Gasteiger partial charge in [0.2, 0.25) is 10.0 Å². The van der Waals surface area contributed by atoms with Crippen LogP contribution in [0.2, 0.25) is 0 Å². The zero-order valence-electron chi connectivity index (χ0n) is 18.4. The summed E-state index contributed by atoms with van der Waals surface area (Å²) in [4.78, 5) is 2.62. The monoisotopic (exact) mass is 451 g/mol. The Labute approximate surface area is 187 Å². The zero-order valence-corrected chi connectivity index (χ0v) is 20.0. The number of halogens is 1. The Hall–Kier alpha value is -1.60. The molecule has 1 N–H and O–H groups in total. The second kappa shape index (κ2) is 9.69. The predicted octanol–water partition coefficient (Wildman–Crippen LogP) is 0.951. The number of sulfonamides is 1. The number of hydrogen-bond acceptors (Lipinski definition) is 4. The van der Waals surface area contributed by atoms with E-state index in [1.54, 1.807) is 10.4 Å². The minimum Gasteiger partial charge on any atom is -1.00 e. The minimum absolute atomic E-state index is 0. The number of benzene rings is 2. The van der Waals surface area contributed by atoms with Crippen molar-refractivity contribution in [1.82, 2.24) is 9.21 Å². The van der Waals surface area contributed by atoms with Crippen LogP contribution in [-0.4, -0.2) is 48.9 Å². The fourth-order valence-electron chi connectivity index (χ4n) is 4.00. The summed E-state index contributed by atoms with van der Waals surface area (Å²) in [5, 5.41) is 10.4. The fraction of sp³-hybridized carbons (Fsp3) is 0.478. The third kappa shape index (κ3) is 5.17. The maximum absolute atomic E-state index is 13.1. The molecule has 1 heterocycles. The first kappa shape index (κ1) is 24.7. The lowest BCUT2D eigenvalue weighted by Crippen LogP contribution is -3.00. The molecule has 0 spiro atoms. The number of phenolic OH excluding ortho intramolecular Hbond substituents is 1. The van der Waals surface area contributed by atoms with Gasteiger partial charge in [-0.1, -0.05) is 32.0 Å². The van der Waals surface area contributed by atoms with E-state index in [1.165, 1.54) is 5.56 Å². The lowest BCUT2D eigenvalue weighted by Gasteiger charge is -2.34. The fourth-order valence-corrected chi connectivity index (χ4v) is 5.73. The maximum atomic E-state index is 13.1. The highest BCUT2D eigenvalue weighted by Crippen LogP contribution is 2.29. The van der Waals surface area contributed by atoms with Gasteiger partial charge in [0.15, 0.2) is 0 Å². The maximum Gasteiger partial charge on any atom is 0.243 e. The van der Waals surface area contributed by atoms with Crippen molar-refractivity contribution in [1.29, 1.82) is 0 Å². The first-order valence-corrected chi connectivity index (χ1v) is 11.7. The van der Waals surface area contributed by atoms with E-state index in [2.05, 4.69) is 24.8 Å². The molecule has 0 atom stereocenters. The van der Waals surface area contributed by atoms with Crippen LogP contribution in [0.5, 0.6) is 5.75 Å². The van der Waals surface area contributed by atoms with Crippen LogP contribution in [-0.2, 0) is 16.6 Å². The Morgan fingerprint density at radius 1 is 0.967 bits per heavy atom. The summed E-state index contributed by atoms with van der Waals surface area (Å²) in [6.45, 7) is 12.9. The highest BCUT2D eigenvalue weighted by atomic mass is 35.5. The van der Waals surface area contributed by atoms with Crippen molar-refractivity contribution in [2.24, 2.45) is 0 Å². The number of rotatable bonds is 5. The number of piperazine rings is 1. The first-order valence-electron chi connectivity index (χ1n) is 10.2. The molecule has 1 saturated heterocycles. The highest BCUT2D eigenvalue weighted by molar-refractivity contribution is 7.89. The van der Waals surface area contributed by atoms with Gasteiger partial charge >= 0.3 is 0 Å². The first-order chi connectivity index (χ1) is 13.6. The van der Waals surface area contributed by atoms with Crippen molar-refractivity contribution < 1.29 is 25.9 Å². The molecule has 1 aliphatic heterocycles. The van der Waals surface area contributed by atoms with E-state index in [1.807, 2.05) is 39.0 Å². The number of nitrogens with zero attached hydrogens (tertiary/aromatic N) is 2. The van der Waals surface area contributed by atoms with Gasteiger partial charge in [0, 0.05) is 38.3 Å². The summed E-state index contributed by atoms with van der Waals surface area (Å²) in [6.07, 6.45) is 0. The third-order valence-electron chi connectivity index (χ3n) is 5.78. The van der Waals surface area contributed by atoms with Gasteiger partial charge in [0.05, 0.1) is 4.90 Å². The van der Waals surface area contributed by atoms with Gasteiger partial charge in [-0.15, -0.1) is 0 Å². The van der Waals surface area contributed by atoms with Crippen molar-refractivity contribution in [3.8, 4) is 5.75 Å². The average Bonchev–Trinajstić information content (AvgIpc) is 2.66. The molecule has 0 radical (unpaired) electrons. The van der Waals surface area contributed by atoms with Crippen LogP contribution < -0.4 is 12.4 Å². The van der Waals surface area contributed by atoms with E-state index in [0.29, 0.717) is 49.3 Å². The molecule has 2 aromatic carbocycles. The van der Waals surface area contributed by atoms with E-state index in [9.17, 15) is 13.5 Å². The van der Waals surface area contributed by atoms with Crippen molar-refractivity contribution in [3.05, 3.63) is 58.1 Å². The summed E-state index contributed by atoms with van der Waals surface area (Å²) in [5.41, 5.74) is 4.98. The van der Waals surface area contributed by atoms with Crippen LogP contribution >= 0.6 is 0 Å². The zero-order chi connectivity index (χ0) is 21.3. The molecule has 1 fully saturated rings. The molecule has 0 amide bonds. The van der Waals surface area contributed by atoms with Crippen molar-refractivity contribution in [3.63, 3.8) is 0 Å². The summed E-state index contributed by atoms with van der Waals surface area (Å²) < 4.78 is 27.8. The number of aromatic hydroxyl groups is 1. The van der Waals surface area contributed by atoms with Crippen molar-refractivity contribution in [2.75, 3.05) is 26.2 Å². The second-order valence-electron chi connectivity index (χ2n) is 8.44.